The number of Topliss-reactive ketones (excluding diaryl/α,β-unsaturated/α-hetero) is 1. The highest BCUT2D eigenvalue weighted by Crippen LogP contribution is 2.32. The van der Waals surface area contributed by atoms with Crippen LogP contribution in [0, 0.1) is 6.92 Å². The fraction of sp³-hybridized carbons (Fsp3) is 0.231. The SMILES string of the molecule is Cc1cccc(CC(=O)c2cnc(C(F)(F)F)s2)c1. The summed E-state index contributed by atoms with van der Waals surface area (Å²) in [5.41, 5.74) is 1.79. The number of hydrogen-bond acceptors (Lipinski definition) is 3. The molecule has 1 heterocycles. The van der Waals surface area contributed by atoms with Gasteiger partial charge in [0.1, 0.15) is 0 Å². The molecule has 0 spiro atoms. The molecule has 2 aromatic rings. The van der Waals surface area contributed by atoms with E-state index in [-0.39, 0.29) is 17.1 Å². The van der Waals surface area contributed by atoms with Crippen molar-refractivity contribution in [1.82, 2.24) is 4.98 Å². The molecular weight excluding hydrogens is 275 g/mol. The van der Waals surface area contributed by atoms with Gasteiger partial charge in [-0.25, -0.2) is 4.98 Å². The number of carbonyl (C=O) groups excluding carboxylic acids is 1. The molecule has 0 saturated carbocycles. The van der Waals surface area contributed by atoms with Gasteiger partial charge in [0, 0.05) is 12.6 Å². The molecule has 0 atom stereocenters. The van der Waals surface area contributed by atoms with Gasteiger partial charge in [-0.05, 0) is 12.5 Å². The van der Waals surface area contributed by atoms with E-state index in [0.29, 0.717) is 11.3 Å². The van der Waals surface area contributed by atoms with Gasteiger partial charge in [0.25, 0.3) is 0 Å². The lowest BCUT2D eigenvalue weighted by Gasteiger charge is -2.01. The number of benzene rings is 1. The summed E-state index contributed by atoms with van der Waals surface area (Å²) in [5.74, 6) is -0.349. The number of aromatic nitrogens is 1. The molecule has 0 bridgehead atoms. The van der Waals surface area contributed by atoms with E-state index in [4.69, 9.17) is 0 Å². The minimum absolute atomic E-state index is 0.0360. The van der Waals surface area contributed by atoms with Crippen LogP contribution in [-0.2, 0) is 12.6 Å². The van der Waals surface area contributed by atoms with E-state index >= 15 is 0 Å². The molecular formula is C13H10F3NOS. The van der Waals surface area contributed by atoms with Crippen LogP contribution in [0.25, 0.3) is 0 Å². The standard InChI is InChI=1S/C13H10F3NOS/c1-8-3-2-4-9(5-8)6-10(18)11-7-17-12(19-11)13(14,15)16/h2-5,7H,6H2,1H3. The first-order valence-electron chi connectivity index (χ1n) is 5.48. The Labute approximate surface area is 111 Å². The Kier molecular flexibility index (Phi) is 3.71. The largest absolute Gasteiger partial charge is 0.443 e. The molecule has 0 fully saturated rings. The van der Waals surface area contributed by atoms with Crippen LogP contribution in [0.2, 0.25) is 0 Å². The summed E-state index contributed by atoms with van der Waals surface area (Å²) >= 11 is 0.386. The molecule has 2 nitrogen and oxygen atoms in total. The maximum atomic E-state index is 12.4. The van der Waals surface area contributed by atoms with Crippen LogP contribution in [0.1, 0.15) is 25.8 Å². The number of rotatable bonds is 3. The van der Waals surface area contributed by atoms with Crippen LogP contribution in [0.5, 0.6) is 0 Å². The third kappa shape index (κ3) is 3.41. The van der Waals surface area contributed by atoms with Crippen LogP contribution in [0.4, 0.5) is 13.2 Å². The van der Waals surface area contributed by atoms with Crippen molar-refractivity contribution in [2.75, 3.05) is 0 Å². The molecule has 1 aromatic carbocycles. The second-order valence-electron chi connectivity index (χ2n) is 4.12. The summed E-state index contributed by atoms with van der Waals surface area (Å²) in [6.45, 7) is 1.89. The number of halogens is 3. The monoisotopic (exact) mass is 285 g/mol. The summed E-state index contributed by atoms with van der Waals surface area (Å²) < 4.78 is 37.1. The van der Waals surface area contributed by atoms with Gasteiger partial charge >= 0.3 is 6.18 Å². The Morgan fingerprint density at radius 2 is 2.11 bits per heavy atom. The van der Waals surface area contributed by atoms with Crippen LogP contribution >= 0.6 is 11.3 Å². The molecule has 2 rings (SSSR count). The number of carbonyl (C=O) groups is 1. The van der Waals surface area contributed by atoms with Crippen LogP contribution in [0.3, 0.4) is 0 Å². The topological polar surface area (TPSA) is 30.0 Å². The molecule has 6 heteroatoms. The zero-order valence-electron chi connectivity index (χ0n) is 9.99. The molecule has 1 aromatic heterocycles. The van der Waals surface area contributed by atoms with Gasteiger partial charge in [-0.2, -0.15) is 13.2 Å². The van der Waals surface area contributed by atoms with Gasteiger partial charge in [0.15, 0.2) is 10.8 Å². The van der Waals surface area contributed by atoms with Crippen LogP contribution < -0.4 is 0 Å². The molecule has 0 aliphatic carbocycles. The number of ketones is 1. The Balaban J connectivity index is 2.14. The molecule has 100 valence electrons. The molecule has 0 saturated heterocycles. The first-order chi connectivity index (χ1) is 8.86. The van der Waals surface area contributed by atoms with E-state index in [9.17, 15) is 18.0 Å². The number of alkyl halides is 3. The van der Waals surface area contributed by atoms with Gasteiger partial charge in [-0.15, -0.1) is 11.3 Å². The smallest absolute Gasteiger partial charge is 0.293 e. The van der Waals surface area contributed by atoms with Gasteiger partial charge in [0.05, 0.1) is 4.88 Å². The molecule has 0 radical (unpaired) electrons. The van der Waals surface area contributed by atoms with Crippen molar-refractivity contribution >= 4 is 17.1 Å². The van der Waals surface area contributed by atoms with Gasteiger partial charge in [-0.1, -0.05) is 29.8 Å². The molecule has 0 aliphatic heterocycles. The second kappa shape index (κ2) is 5.13. The molecule has 0 amide bonds. The van der Waals surface area contributed by atoms with E-state index in [2.05, 4.69) is 4.98 Å². The van der Waals surface area contributed by atoms with Crippen molar-refractivity contribution in [1.29, 1.82) is 0 Å². The lowest BCUT2D eigenvalue weighted by Crippen LogP contribution is -2.03. The van der Waals surface area contributed by atoms with E-state index in [1.807, 2.05) is 25.1 Å². The summed E-state index contributed by atoms with van der Waals surface area (Å²) in [6.07, 6.45) is -3.42. The number of thiazole rings is 1. The fourth-order valence-corrected chi connectivity index (χ4v) is 2.35. The van der Waals surface area contributed by atoms with Crippen molar-refractivity contribution in [3.05, 3.63) is 51.5 Å². The minimum atomic E-state index is -4.49. The number of nitrogens with zero attached hydrogens (tertiary/aromatic N) is 1. The van der Waals surface area contributed by atoms with Crippen molar-refractivity contribution in [2.24, 2.45) is 0 Å². The Morgan fingerprint density at radius 3 is 2.68 bits per heavy atom. The highest BCUT2D eigenvalue weighted by molar-refractivity contribution is 7.13. The van der Waals surface area contributed by atoms with E-state index in [0.717, 1.165) is 17.3 Å². The highest BCUT2D eigenvalue weighted by Gasteiger charge is 2.35. The second-order valence-corrected chi connectivity index (χ2v) is 5.15. The first kappa shape index (κ1) is 13.7. The summed E-state index contributed by atoms with van der Waals surface area (Å²) in [5, 5.41) is -0.986. The first-order valence-corrected chi connectivity index (χ1v) is 6.29. The van der Waals surface area contributed by atoms with Gasteiger partial charge < -0.3 is 0 Å². The minimum Gasteiger partial charge on any atom is -0.293 e. The predicted octanol–water partition coefficient (Wildman–Crippen LogP) is 3.90. The van der Waals surface area contributed by atoms with Crippen LogP contribution in [0.15, 0.2) is 30.5 Å². The Bertz CT molecular complexity index is 604. The number of aryl methyl sites for hydroxylation is 1. The normalized spacial score (nSPS) is 11.6. The van der Waals surface area contributed by atoms with Gasteiger partial charge in [-0.3, -0.25) is 4.79 Å². The third-order valence-corrected chi connectivity index (χ3v) is 3.55. The number of hydrogen-bond donors (Lipinski definition) is 0. The highest BCUT2D eigenvalue weighted by atomic mass is 32.1. The predicted molar refractivity (Wildman–Crippen MR) is 66.3 cm³/mol. The zero-order chi connectivity index (χ0) is 14.0. The molecule has 0 aliphatic rings. The maximum absolute atomic E-state index is 12.4. The lowest BCUT2D eigenvalue weighted by molar-refractivity contribution is -0.137. The Morgan fingerprint density at radius 1 is 1.37 bits per heavy atom. The Hall–Kier alpha value is -1.69. The zero-order valence-corrected chi connectivity index (χ0v) is 10.8. The van der Waals surface area contributed by atoms with Crippen molar-refractivity contribution in [2.45, 2.75) is 19.5 Å². The molecule has 0 unspecified atom stereocenters. The summed E-state index contributed by atoms with van der Waals surface area (Å²) in [6, 6.07) is 7.31. The van der Waals surface area contributed by atoms with Gasteiger partial charge in [0.2, 0.25) is 0 Å². The fourth-order valence-electron chi connectivity index (χ4n) is 1.63. The van der Waals surface area contributed by atoms with E-state index < -0.39 is 11.2 Å². The average Bonchev–Trinajstić information content (AvgIpc) is 2.77. The summed E-state index contributed by atoms with van der Waals surface area (Å²) in [4.78, 5) is 15.1. The molecule has 19 heavy (non-hydrogen) atoms. The van der Waals surface area contributed by atoms with E-state index in [1.54, 1.807) is 6.07 Å². The maximum Gasteiger partial charge on any atom is 0.443 e. The third-order valence-electron chi connectivity index (χ3n) is 2.47. The molecule has 0 N–H and O–H groups in total. The van der Waals surface area contributed by atoms with Crippen molar-refractivity contribution in [3.63, 3.8) is 0 Å². The summed E-state index contributed by atoms with van der Waals surface area (Å²) in [7, 11) is 0. The van der Waals surface area contributed by atoms with Crippen molar-refractivity contribution < 1.29 is 18.0 Å². The van der Waals surface area contributed by atoms with Crippen molar-refractivity contribution in [3.8, 4) is 0 Å². The quantitative estimate of drug-likeness (QED) is 0.801. The lowest BCUT2D eigenvalue weighted by atomic mass is 10.1. The van der Waals surface area contributed by atoms with E-state index in [1.165, 1.54) is 0 Å². The van der Waals surface area contributed by atoms with Crippen LogP contribution in [-0.4, -0.2) is 10.8 Å². The average molecular weight is 285 g/mol.